The van der Waals surface area contributed by atoms with Crippen LogP contribution >= 0.6 is 0 Å². The molecule has 2 aromatic carbocycles. The molecule has 1 N–H and O–H groups in total. The van der Waals surface area contributed by atoms with Crippen molar-refractivity contribution in [2.45, 2.75) is 25.9 Å². The molecule has 1 amide bonds. The molecule has 0 unspecified atom stereocenters. The van der Waals surface area contributed by atoms with E-state index < -0.39 is 0 Å². The molecule has 3 aromatic heterocycles. The summed E-state index contributed by atoms with van der Waals surface area (Å²) in [7, 11) is 3.14. The number of anilines is 2. The number of rotatable bonds is 9. The van der Waals surface area contributed by atoms with E-state index in [9.17, 15) is 10.1 Å². The lowest BCUT2D eigenvalue weighted by molar-refractivity contribution is -0.127. The van der Waals surface area contributed by atoms with Crippen molar-refractivity contribution in [1.82, 2.24) is 24.5 Å². The molecule has 45 heavy (non-hydrogen) atoms. The highest BCUT2D eigenvalue weighted by Gasteiger charge is 2.24. The van der Waals surface area contributed by atoms with Crippen LogP contribution in [0.2, 0.25) is 0 Å². The first-order valence-electron chi connectivity index (χ1n) is 14.3. The predicted molar refractivity (Wildman–Crippen MR) is 168 cm³/mol. The number of aromatic nitrogens is 4. The normalized spacial score (nSPS) is 13.3. The molecule has 0 bridgehead atoms. The molecule has 6 rings (SSSR count). The summed E-state index contributed by atoms with van der Waals surface area (Å²) in [6, 6.07) is 13.2. The van der Waals surface area contributed by atoms with Gasteiger partial charge in [-0.2, -0.15) is 10.4 Å². The first-order chi connectivity index (χ1) is 21.9. The van der Waals surface area contributed by atoms with Crippen LogP contribution in [0.3, 0.4) is 0 Å². The van der Waals surface area contributed by atoms with Crippen molar-refractivity contribution in [2.24, 2.45) is 0 Å². The zero-order valence-corrected chi connectivity index (χ0v) is 25.1. The molecule has 1 aliphatic heterocycles. The third-order valence-corrected chi connectivity index (χ3v) is 7.73. The second-order valence-electron chi connectivity index (χ2n) is 10.5. The van der Waals surface area contributed by atoms with E-state index in [4.69, 9.17) is 18.9 Å². The number of hydrogen-bond acceptors (Lipinski definition) is 10. The van der Waals surface area contributed by atoms with Crippen molar-refractivity contribution in [3.8, 4) is 34.8 Å². The molecule has 4 heterocycles. The summed E-state index contributed by atoms with van der Waals surface area (Å²) in [6.07, 6.45) is 7.33. The number of benzene rings is 2. The van der Waals surface area contributed by atoms with Crippen LogP contribution in [0.1, 0.15) is 24.0 Å². The Morgan fingerprint density at radius 1 is 1.07 bits per heavy atom. The van der Waals surface area contributed by atoms with E-state index in [2.05, 4.69) is 33.0 Å². The van der Waals surface area contributed by atoms with Crippen LogP contribution in [0.5, 0.6) is 28.7 Å². The zero-order valence-electron chi connectivity index (χ0n) is 25.1. The number of ether oxygens (including phenoxy) is 4. The minimum absolute atomic E-state index is 0.0822. The number of aryl methyl sites for hydroxylation is 1. The highest BCUT2D eigenvalue weighted by atomic mass is 16.5. The number of pyridine rings is 2. The van der Waals surface area contributed by atoms with Gasteiger partial charge in [0.2, 0.25) is 5.91 Å². The standard InChI is InChI=1S/C33H31N7O5/c1-5-32(41)39-9-6-22(7-10-39)44-30-14-24-25(15-29(30)43-4)35-18-21(17-34)33(24)38-26-12-20(2)27(16-28(26)42-3)45-23-8-11-40-31(13-23)36-19-37-40/h5,8,11-16,18-19,22H,1,6-7,9-10H2,2-4H3,(H,35,38). The van der Waals surface area contributed by atoms with Crippen molar-refractivity contribution in [3.63, 3.8) is 0 Å². The molecule has 1 fully saturated rings. The minimum Gasteiger partial charge on any atom is -0.494 e. The first-order valence-corrected chi connectivity index (χ1v) is 14.3. The summed E-state index contributed by atoms with van der Waals surface area (Å²) >= 11 is 0. The molecule has 228 valence electrons. The Kier molecular flexibility index (Phi) is 8.07. The van der Waals surface area contributed by atoms with Gasteiger partial charge in [-0.25, -0.2) is 9.50 Å². The molecule has 1 aliphatic rings. The molecule has 0 atom stereocenters. The number of methoxy groups -OCH3 is 2. The van der Waals surface area contributed by atoms with E-state index in [0.29, 0.717) is 88.2 Å². The van der Waals surface area contributed by atoms with Gasteiger partial charge in [0.15, 0.2) is 17.1 Å². The van der Waals surface area contributed by atoms with Gasteiger partial charge in [-0.1, -0.05) is 6.58 Å². The van der Waals surface area contributed by atoms with Crippen molar-refractivity contribution in [1.29, 1.82) is 5.26 Å². The fourth-order valence-corrected chi connectivity index (χ4v) is 5.34. The topological polar surface area (TPSA) is 136 Å². The fourth-order valence-electron chi connectivity index (χ4n) is 5.34. The Morgan fingerprint density at radius 2 is 1.87 bits per heavy atom. The summed E-state index contributed by atoms with van der Waals surface area (Å²) in [4.78, 5) is 22.5. The number of carbonyl (C=O) groups is 1. The smallest absolute Gasteiger partial charge is 0.245 e. The van der Waals surface area contributed by atoms with Crippen molar-refractivity contribution >= 4 is 33.8 Å². The lowest BCUT2D eigenvalue weighted by Crippen LogP contribution is -2.41. The second-order valence-corrected chi connectivity index (χ2v) is 10.5. The van der Waals surface area contributed by atoms with E-state index in [-0.39, 0.29) is 12.0 Å². The van der Waals surface area contributed by atoms with Gasteiger partial charge in [-0.05, 0) is 36.8 Å². The Bertz CT molecular complexity index is 1960. The second kappa shape index (κ2) is 12.4. The quantitative estimate of drug-likeness (QED) is 0.213. The molecule has 1 saturated heterocycles. The Hall–Kier alpha value is -5.83. The average Bonchev–Trinajstić information content (AvgIpc) is 3.54. The van der Waals surface area contributed by atoms with Crippen molar-refractivity contribution in [2.75, 3.05) is 32.6 Å². The summed E-state index contributed by atoms with van der Waals surface area (Å²) < 4.78 is 25.6. The van der Waals surface area contributed by atoms with E-state index in [0.717, 1.165) is 5.56 Å². The van der Waals surface area contributed by atoms with E-state index in [1.165, 1.54) is 18.6 Å². The summed E-state index contributed by atoms with van der Waals surface area (Å²) in [5.41, 5.74) is 3.64. The Morgan fingerprint density at radius 3 is 2.60 bits per heavy atom. The van der Waals surface area contributed by atoms with E-state index >= 15 is 0 Å². The maximum absolute atomic E-state index is 12.0. The number of nitriles is 1. The molecule has 0 saturated carbocycles. The maximum atomic E-state index is 12.0. The van der Waals surface area contributed by atoms with Gasteiger partial charge in [0, 0.05) is 61.9 Å². The fraction of sp³-hybridized carbons (Fsp3) is 0.242. The molecule has 12 heteroatoms. The van der Waals surface area contributed by atoms with Crippen LogP contribution in [0.4, 0.5) is 11.4 Å². The molecule has 0 radical (unpaired) electrons. The molecule has 0 spiro atoms. The van der Waals surface area contributed by atoms with Gasteiger partial charge >= 0.3 is 0 Å². The van der Waals surface area contributed by atoms with Crippen molar-refractivity contribution in [3.05, 3.63) is 78.9 Å². The van der Waals surface area contributed by atoms with Crippen LogP contribution < -0.4 is 24.3 Å². The molecular formula is C33H31N7O5. The van der Waals surface area contributed by atoms with Crippen molar-refractivity contribution < 1.29 is 23.7 Å². The lowest BCUT2D eigenvalue weighted by atomic mass is 10.1. The number of nitrogens with zero attached hydrogens (tertiary/aromatic N) is 6. The van der Waals surface area contributed by atoms with Gasteiger partial charge in [0.1, 0.15) is 35.7 Å². The Balaban J connectivity index is 1.32. The zero-order chi connectivity index (χ0) is 31.5. The number of amides is 1. The van der Waals surface area contributed by atoms with Gasteiger partial charge in [-0.3, -0.25) is 9.78 Å². The number of hydrogen-bond donors (Lipinski definition) is 1. The SMILES string of the molecule is C=CC(=O)N1CCC(Oc2cc3c(Nc4cc(C)c(Oc5ccn6ncnc6c5)cc4OC)c(C#N)cnc3cc2OC)CC1. The van der Waals surface area contributed by atoms with E-state index in [1.54, 1.807) is 54.1 Å². The highest BCUT2D eigenvalue weighted by molar-refractivity contribution is 5.98. The van der Waals surface area contributed by atoms with Crippen LogP contribution in [0, 0.1) is 18.3 Å². The minimum atomic E-state index is -0.116. The monoisotopic (exact) mass is 605 g/mol. The van der Waals surface area contributed by atoms with Crippen LogP contribution in [0.15, 0.2) is 67.8 Å². The maximum Gasteiger partial charge on any atom is 0.245 e. The molecule has 0 aliphatic carbocycles. The van der Waals surface area contributed by atoms with Gasteiger partial charge in [-0.15, -0.1) is 0 Å². The van der Waals surface area contributed by atoms with Crippen LogP contribution in [-0.2, 0) is 4.79 Å². The third kappa shape index (κ3) is 5.88. The molecule has 12 nitrogen and oxygen atoms in total. The number of fused-ring (bicyclic) bond motifs is 2. The summed E-state index contributed by atoms with van der Waals surface area (Å²) in [5.74, 6) is 2.68. The van der Waals surface area contributed by atoms with E-state index in [1.807, 2.05) is 19.1 Å². The number of nitrogens with one attached hydrogen (secondary N) is 1. The molecule has 5 aromatic rings. The largest absolute Gasteiger partial charge is 0.494 e. The molecular weight excluding hydrogens is 574 g/mol. The summed E-state index contributed by atoms with van der Waals surface area (Å²) in [5, 5.41) is 18.2. The van der Waals surface area contributed by atoms with Gasteiger partial charge in [0.05, 0.1) is 36.7 Å². The average molecular weight is 606 g/mol. The van der Waals surface area contributed by atoms with Crippen LogP contribution in [-0.4, -0.2) is 63.8 Å². The number of piperidine rings is 1. The predicted octanol–water partition coefficient (Wildman–Crippen LogP) is 5.57. The first kappa shape index (κ1) is 29.3. The third-order valence-electron chi connectivity index (χ3n) is 7.73. The van der Waals surface area contributed by atoms with Crippen LogP contribution in [0.25, 0.3) is 16.6 Å². The Labute approximate surface area is 259 Å². The lowest BCUT2D eigenvalue weighted by Gasteiger charge is -2.31. The highest BCUT2D eigenvalue weighted by Crippen LogP contribution is 2.41. The van der Waals surface area contributed by atoms with Gasteiger partial charge < -0.3 is 29.2 Å². The van der Waals surface area contributed by atoms with Gasteiger partial charge in [0.25, 0.3) is 0 Å². The number of carbonyl (C=O) groups excluding carboxylic acids is 1. The number of likely N-dealkylation sites (tertiary alicyclic amines) is 1. The summed E-state index contributed by atoms with van der Waals surface area (Å²) in [6.45, 7) is 6.66.